The highest BCUT2D eigenvalue weighted by molar-refractivity contribution is 5.73. The van der Waals surface area contributed by atoms with Crippen molar-refractivity contribution in [3.63, 3.8) is 0 Å². The number of hydrogen-bond donors (Lipinski definition) is 0. The van der Waals surface area contributed by atoms with Gasteiger partial charge in [-0.1, -0.05) is 0 Å². The predicted octanol–water partition coefficient (Wildman–Crippen LogP) is 1.46. The van der Waals surface area contributed by atoms with Crippen molar-refractivity contribution in [3.8, 4) is 0 Å². The van der Waals surface area contributed by atoms with Crippen molar-refractivity contribution in [2.75, 3.05) is 36.0 Å². The topological polar surface area (TPSA) is 62.5 Å². The lowest BCUT2D eigenvalue weighted by Crippen LogP contribution is -2.47. The number of aryl methyl sites for hydroxylation is 1. The zero-order valence-corrected chi connectivity index (χ0v) is 13.3. The van der Waals surface area contributed by atoms with Crippen LogP contribution in [-0.4, -0.2) is 51.0 Å². The van der Waals surface area contributed by atoms with Crippen LogP contribution in [0.25, 0.3) is 5.65 Å². The molecule has 4 heterocycles. The Balaban J connectivity index is 1.62. The summed E-state index contributed by atoms with van der Waals surface area (Å²) in [5, 5.41) is 12.8. The minimum atomic E-state index is 0.836. The molecule has 1 fully saturated rings. The molecule has 0 radical (unpaired) electrons. The molecule has 0 bridgehead atoms. The van der Waals surface area contributed by atoms with Crippen molar-refractivity contribution in [1.82, 2.24) is 24.8 Å². The summed E-state index contributed by atoms with van der Waals surface area (Å²) in [6, 6.07) is 4.10. The van der Waals surface area contributed by atoms with E-state index in [1.807, 2.05) is 25.4 Å². The van der Waals surface area contributed by atoms with Gasteiger partial charge in [0.1, 0.15) is 6.33 Å². The summed E-state index contributed by atoms with van der Waals surface area (Å²) in [7, 11) is 0. The van der Waals surface area contributed by atoms with Crippen LogP contribution in [0.3, 0.4) is 0 Å². The van der Waals surface area contributed by atoms with Crippen molar-refractivity contribution in [1.29, 1.82) is 0 Å². The van der Waals surface area contributed by atoms with Crippen LogP contribution in [-0.2, 0) is 0 Å². The molecule has 4 rings (SSSR count). The maximum Gasteiger partial charge on any atom is 0.201 e. The van der Waals surface area contributed by atoms with Gasteiger partial charge in [-0.15, -0.1) is 10.2 Å². The van der Waals surface area contributed by atoms with E-state index in [4.69, 9.17) is 0 Å². The average Bonchev–Trinajstić information content (AvgIpc) is 3.05. The van der Waals surface area contributed by atoms with Gasteiger partial charge in [0, 0.05) is 32.4 Å². The molecule has 0 N–H and O–H groups in total. The van der Waals surface area contributed by atoms with Gasteiger partial charge in [0.25, 0.3) is 0 Å². The van der Waals surface area contributed by atoms with Crippen molar-refractivity contribution < 1.29 is 0 Å². The van der Waals surface area contributed by atoms with Gasteiger partial charge < -0.3 is 9.80 Å². The standard InChI is InChI=1S/C16H19N7/c1-12-13(2)20-23-11-18-19-16(23)15(12)22-8-6-21(7-9-22)14-4-3-5-17-10-14/h3-5,10-11H,6-9H2,1-2H3. The van der Waals surface area contributed by atoms with Gasteiger partial charge in [-0.2, -0.15) is 9.61 Å². The molecule has 7 nitrogen and oxygen atoms in total. The lowest BCUT2D eigenvalue weighted by atomic mass is 10.1. The molecule has 0 amide bonds. The lowest BCUT2D eigenvalue weighted by molar-refractivity contribution is 0.650. The van der Waals surface area contributed by atoms with Crippen molar-refractivity contribution in [3.05, 3.63) is 42.1 Å². The first-order valence-electron chi connectivity index (χ1n) is 7.81. The molecule has 0 spiro atoms. The first kappa shape index (κ1) is 13.9. The maximum atomic E-state index is 4.50. The Labute approximate surface area is 134 Å². The van der Waals surface area contributed by atoms with E-state index in [0.29, 0.717) is 0 Å². The first-order chi connectivity index (χ1) is 11.2. The van der Waals surface area contributed by atoms with Gasteiger partial charge in [0.2, 0.25) is 5.65 Å². The SMILES string of the molecule is Cc1nn2cnnc2c(N2CCN(c3cccnc3)CC2)c1C. The molecule has 0 aliphatic carbocycles. The van der Waals surface area contributed by atoms with Crippen LogP contribution in [0.1, 0.15) is 11.3 Å². The Morgan fingerprint density at radius 3 is 2.57 bits per heavy atom. The highest BCUT2D eigenvalue weighted by atomic mass is 15.4. The zero-order chi connectivity index (χ0) is 15.8. The van der Waals surface area contributed by atoms with E-state index in [1.165, 1.54) is 11.3 Å². The van der Waals surface area contributed by atoms with Crippen LogP contribution in [0, 0.1) is 13.8 Å². The second-order valence-electron chi connectivity index (χ2n) is 5.84. The zero-order valence-electron chi connectivity index (χ0n) is 13.3. The van der Waals surface area contributed by atoms with Gasteiger partial charge >= 0.3 is 0 Å². The molecular formula is C16H19N7. The lowest BCUT2D eigenvalue weighted by Gasteiger charge is -2.37. The summed E-state index contributed by atoms with van der Waals surface area (Å²) >= 11 is 0. The minimum Gasteiger partial charge on any atom is -0.367 e. The van der Waals surface area contributed by atoms with Crippen molar-refractivity contribution in [2.45, 2.75) is 13.8 Å². The highest BCUT2D eigenvalue weighted by Crippen LogP contribution is 2.27. The molecule has 0 atom stereocenters. The molecule has 3 aromatic rings. The quantitative estimate of drug-likeness (QED) is 0.714. The molecule has 1 saturated heterocycles. The van der Waals surface area contributed by atoms with Gasteiger partial charge in [0.15, 0.2) is 0 Å². The van der Waals surface area contributed by atoms with Gasteiger partial charge in [-0.05, 0) is 31.5 Å². The smallest absolute Gasteiger partial charge is 0.201 e. The molecule has 7 heteroatoms. The summed E-state index contributed by atoms with van der Waals surface area (Å²) in [4.78, 5) is 8.97. The fourth-order valence-electron chi connectivity index (χ4n) is 3.14. The monoisotopic (exact) mass is 309 g/mol. The first-order valence-corrected chi connectivity index (χ1v) is 7.81. The summed E-state index contributed by atoms with van der Waals surface area (Å²) in [6.45, 7) is 7.97. The second-order valence-corrected chi connectivity index (χ2v) is 5.84. The van der Waals surface area contributed by atoms with E-state index in [0.717, 1.165) is 43.2 Å². The number of nitrogens with zero attached hydrogens (tertiary/aromatic N) is 7. The molecule has 23 heavy (non-hydrogen) atoms. The van der Waals surface area contributed by atoms with Gasteiger partial charge in [-0.3, -0.25) is 4.98 Å². The predicted molar refractivity (Wildman–Crippen MR) is 88.9 cm³/mol. The Hall–Kier alpha value is -2.70. The van der Waals surface area contributed by atoms with Gasteiger partial charge in [-0.25, -0.2) is 0 Å². The number of fused-ring (bicyclic) bond motifs is 1. The van der Waals surface area contributed by atoms with E-state index in [-0.39, 0.29) is 0 Å². The van der Waals surface area contributed by atoms with Crippen LogP contribution >= 0.6 is 0 Å². The van der Waals surface area contributed by atoms with Crippen molar-refractivity contribution in [2.24, 2.45) is 0 Å². The Bertz CT molecular complexity index is 819. The molecule has 0 aromatic carbocycles. The fraction of sp³-hybridized carbons (Fsp3) is 0.375. The normalized spacial score (nSPS) is 15.4. The number of aromatic nitrogens is 5. The summed E-state index contributed by atoms with van der Waals surface area (Å²) in [5.41, 5.74) is 5.37. The highest BCUT2D eigenvalue weighted by Gasteiger charge is 2.23. The Morgan fingerprint density at radius 1 is 1.04 bits per heavy atom. The molecular weight excluding hydrogens is 290 g/mol. The van der Waals surface area contributed by atoms with Crippen LogP contribution in [0.2, 0.25) is 0 Å². The Morgan fingerprint density at radius 2 is 1.83 bits per heavy atom. The Kier molecular flexibility index (Phi) is 3.33. The number of rotatable bonds is 2. The summed E-state index contributed by atoms with van der Waals surface area (Å²) in [6.07, 6.45) is 5.40. The number of piperazine rings is 1. The number of pyridine rings is 1. The number of hydrogen-bond acceptors (Lipinski definition) is 6. The maximum absolute atomic E-state index is 4.50. The van der Waals surface area contributed by atoms with Crippen LogP contribution in [0.15, 0.2) is 30.9 Å². The molecule has 1 aliphatic heterocycles. The fourth-order valence-corrected chi connectivity index (χ4v) is 3.14. The summed E-state index contributed by atoms with van der Waals surface area (Å²) in [5.74, 6) is 0. The number of anilines is 2. The second kappa shape index (κ2) is 5.49. The van der Waals surface area contributed by atoms with E-state index < -0.39 is 0 Å². The van der Waals surface area contributed by atoms with E-state index >= 15 is 0 Å². The van der Waals surface area contributed by atoms with E-state index in [1.54, 1.807) is 10.8 Å². The van der Waals surface area contributed by atoms with E-state index in [9.17, 15) is 0 Å². The molecule has 1 aliphatic rings. The molecule has 0 saturated carbocycles. The van der Waals surface area contributed by atoms with Crippen molar-refractivity contribution >= 4 is 17.0 Å². The molecule has 3 aromatic heterocycles. The largest absolute Gasteiger partial charge is 0.367 e. The third-order valence-corrected chi connectivity index (χ3v) is 4.50. The average molecular weight is 309 g/mol. The third kappa shape index (κ3) is 2.38. The van der Waals surface area contributed by atoms with E-state index in [2.05, 4.69) is 43.1 Å². The third-order valence-electron chi connectivity index (χ3n) is 4.50. The van der Waals surface area contributed by atoms with Gasteiger partial charge in [0.05, 0.1) is 23.3 Å². The molecule has 0 unspecified atom stereocenters. The van der Waals surface area contributed by atoms with Crippen LogP contribution < -0.4 is 9.80 Å². The van der Waals surface area contributed by atoms with Crippen LogP contribution in [0.5, 0.6) is 0 Å². The minimum absolute atomic E-state index is 0.836. The van der Waals surface area contributed by atoms with Crippen LogP contribution in [0.4, 0.5) is 11.4 Å². The molecule has 118 valence electrons. The summed E-state index contributed by atoms with van der Waals surface area (Å²) < 4.78 is 1.77.